The Morgan fingerprint density at radius 1 is 1.05 bits per heavy atom. The molecule has 2 aromatic carbocycles. The van der Waals surface area contributed by atoms with Crippen LogP contribution >= 0.6 is 0 Å². The van der Waals surface area contributed by atoms with Gasteiger partial charge >= 0.3 is 6.09 Å². The second kappa shape index (κ2) is 7.06. The lowest BCUT2D eigenvalue weighted by atomic mass is 10.2. The van der Waals surface area contributed by atoms with Gasteiger partial charge in [-0.3, -0.25) is 0 Å². The summed E-state index contributed by atoms with van der Waals surface area (Å²) in [5, 5.41) is 7.63. The Balaban J connectivity index is 1.92. The van der Waals surface area contributed by atoms with Crippen molar-refractivity contribution in [2.24, 2.45) is 5.14 Å². The first-order chi connectivity index (χ1) is 10.5. The number of nitrogens with two attached hydrogens (primary N) is 1. The Hall–Kier alpha value is -2.38. The fourth-order valence-electron chi connectivity index (χ4n) is 1.87. The number of rotatable bonds is 5. The molecule has 116 valence electrons. The predicted octanol–water partition coefficient (Wildman–Crippen LogP) is 1.76. The third-order valence-corrected chi connectivity index (χ3v) is 3.93. The van der Waals surface area contributed by atoms with Gasteiger partial charge in [-0.2, -0.15) is 0 Å². The molecule has 0 radical (unpaired) electrons. The van der Waals surface area contributed by atoms with Gasteiger partial charge in [0.1, 0.15) is 6.61 Å². The standard InChI is InChI=1S/C15H16N2O4S/c16-22(19,20)14-9-5-4-8-13(14)10-17-15(18)21-11-12-6-2-1-3-7-12/h1-9H,10-11H2,(H,17,18)(H2,16,19,20). The zero-order valence-corrected chi connectivity index (χ0v) is 12.5. The van der Waals surface area contributed by atoms with E-state index in [-0.39, 0.29) is 18.0 Å². The Morgan fingerprint density at radius 3 is 2.36 bits per heavy atom. The minimum Gasteiger partial charge on any atom is -0.445 e. The zero-order valence-electron chi connectivity index (χ0n) is 11.7. The molecule has 2 rings (SSSR count). The fourth-order valence-corrected chi connectivity index (χ4v) is 2.64. The average Bonchev–Trinajstić information content (AvgIpc) is 2.51. The van der Waals surface area contributed by atoms with Gasteiger partial charge in [0.15, 0.2) is 0 Å². The molecule has 0 saturated heterocycles. The van der Waals surface area contributed by atoms with Crippen LogP contribution in [0.2, 0.25) is 0 Å². The third kappa shape index (κ3) is 4.57. The van der Waals surface area contributed by atoms with Crippen molar-refractivity contribution < 1.29 is 17.9 Å². The molecule has 3 N–H and O–H groups in total. The van der Waals surface area contributed by atoms with E-state index in [1.165, 1.54) is 6.07 Å². The van der Waals surface area contributed by atoms with E-state index >= 15 is 0 Å². The Labute approximate surface area is 129 Å². The lowest BCUT2D eigenvalue weighted by Crippen LogP contribution is -2.25. The monoisotopic (exact) mass is 320 g/mol. The van der Waals surface area contributed by atoms with Crippen LogP contribution in [0.15, 0.2) is 59.5 Å². The number of sulfonamides is 1. The first-order valence-corrected chi connectivity index (χ1v) is 8.07. The zero-order chi connectivity index (χ0) is 16.0. The number of primary sulfonamides is 1. The maximum absolute atomic E-state index is 11.6. The van der Waals surface area contributed by atoms with Gasteiger partial charge in [-0.05, 0) is 17.2 Å². The van der Waals surface area contributed by atoms with Crippen molar-refractivity contribution in [1.29, 1.82) is 0 Å². The number of ether oxygens (including phenoxy) is 1. The summed E-state index contributed by atoms with van der Waals surface area (Å²) in [7, 11) is -3.83. The molecule has 22 heavy (non-hydrogen) atoms. The Bertz CT molecular complexity index is 745. The molecular formula is C15H16N2O4S. The molecule has 0 bridgehead atoms. The molecule has 0 unspecified atom stereocenters. The summed E-state index contributed by atoms with van der Waals surface area (Å²) in [5.41, 5.74) is 1.27. The highest BCUT2D eigenvalue weighted by Crippen LogP contribution is 2.13. The first-order valence-electron chi connectivity index (χ1n) is 6.52. The topological polar surface area (TPSA) is 98.5 Å². The summed E-state index contributed by atoms with van der Waals surface area (Å²) in [5.74, 6) is 0. The average molecular weight is 320 g/mol. The molecule has 0 aliphatic rings. The highest BCUT2D eigenvalue weighted by molar-refractivity contribution is 7.89. The summed E-state index contributed by atoms with van der Waals surface area (Å²) in [6.07, 6.45) is -0.631. The van der Waals surface area contributed by atoms with Gasteiger partial charge in [0.2, 0.25) is 10.0 Å². The van der Waals surface area contributed by atoms with Crippen molar-refractivity contribution in [1.82, 2.24) is 5.32 Å². The normalized spacial score (nSPS) is 11.0. The lowest BCUT2D eigenvalue weighted by molar-refractivity contribution is 0.139. The molecule has 0 aliphatic carbocycles. The minimum atomic E-state index is -3.83. The van der Waals surface area contributed by atoms with E-state index in [2.05, 4.69) is 5.32 Å². The smallest absolute Gasteiger partial charge is 0.407 e. The Morgan fingerprint density at radius 2 is 1.68 bits per heavy atom. The first kappa shape index (κ1) is 16.0. The summed E-state index contributed by atoms with van der Waals surface area (Å²) < 4.78 is 27.9. The van der Waals surface area contributed by atoms with Crippen LogP contribution in [0.1, 0.15) is 11.1 Å². The van der Waals surface area contributed by atoms with Gasteiger partial charge in [-0.1, -0.05) is 48.5 Å². The molecule has 6 nitrogen and oxygen atoms in total. The molecule has 0 aliphatic heterocycles. The summed E-state index contributed by atoms with van der Waals surface area (Å²) >= 11 is 0. The second-order valence-electron chi connectivity index (χ2n) is 4.57. The third-order valence-electron chi connectivity index (χ3n) is 2.92. The summed E-state index contributed by atoms with van der Waals surface area (Å²) in [6, 6.07) is 15.4. The quantitative estimate of drug-likeness (QED) is 0.877. The van der Waals surface area contributed by atoms with Gasteiger partial charge in [-0.15, -0.1) is 0 Å². The van der Waals surface area contributed by atoms with Crippen molar-refractivity contribution in [3.05, 3.63) is 65.7 Å². The number of nitrogens with one attached hydrogen (secondary N) is 1. The maximum atomic E-state index is 11.6. The molecule has 0 fully saturated rings. The van der Waals surface area contributed by atoms with Crippen molar-refractivity contribution in [2.75, 3.05) is 0 Å². The highest BCUT2D eigenvalue weighted by atomic mass is 32.2. The van der Waals surface area contributed by atoms with Gasteiger partial charge in [0, 0.05) is 6.54 Å². The van der Waals surface area contributed by atoms with E-state index in [1.807, 2.05) is 30.3 Å². The van der Waals surface area contributed by atoms with E-state index in [9.17, 15) is 13.2 Å². The molecule has 0 atom stereocenters. The SMILES string of the molecule is NS(=O)(=O)c1ccccc1CNC(=O)OCc1ccccc1. The molecule has 7 heteroatoms. The van der Waals surface area contributed by atoms with E-state index in [0.717, 1.165) is 5.56 Å². The van der Waals surface area contributed by atoms with Crippen LogP contribution in [0, 0.1) is 0 Å². The number of carbonyl (C=O) groups is 1. The number of carbonyl (C=O) groups excluding carboxylic acids is 1. The van der Waals surface area contributed by atoms with Gasteiger partial charge in [0.25, 0.3) is 0 Å². The van der Waals surface area contributed by atoms with Gasteiger partial charge in [0.05, 0.1) is 4.90 Å². The number of amides is 1. The van der Waals surface area contributed by atoms with Gasteiger partial charge < -0.3 is 10.1 Å². The van der Waals surface area contributed by atoms with Crippen LogP contribution in [-0.2, 0) is 27.9 Å². The van der Waals surface area contributed by atoms with E-state index in [0.29, 0.717) is 5.56 Å². The number of alkyl carbamates (subject to hydrolysis) is 1. The molecule has 2 aromatic rings. The minimum absolute atomic E-state index is 0.0141. The molecule has 0 heterocycles. The number of hydrogen-bond donors (Lipinski definition) is 2. The number of benzene rings is 2. The molecule has 0 saturated carbocycles. The van der Waals surface area contributed by atoms with Gasteiger partial charge in [-0.25, -0.2) is 18.4 Å². The van der Waals surface area contributed by atoms with Crippen LogP contribution in [0.4, 0.5) is 4.79 Å². The molecular weight excluding hydrogens is 304 g/mol. The highest BCUT2D eigenvalue weighted by Gasteiger charge is 2.13. The van der Waals surface area contributed by atoms with Crippen LogP contribution in [0.5, 0.6) is 0 Å². The maximum Gasteiger partial charge on any atom is 0.407 e. The van der Waals surface area contributed by atoms with E-state index in [4.69, 9.17) is 9.88 Å². The van der Waals surface area contributed by atoms with Crippen LogP contribution in [0.3, 0.4) is 0 Å². The largest absolute Gasteiger partial charge is 0.445 e. The van der Waals surface area contributed by atoms with E-state index < -0.39 is 16.1 Å². The number of hydrogen-bond acceptors (Lipinski definition) is 4. The molecule has 1 amide bonds. The van der Waals surface area contributed by atoms with E-state index in [1.54, 1.807) is 18.2 Å². The summed E-state index contributed by atoms with van der Waals surface area (Å²) in [4.78, 5) is 11.6. The summed E-state index contributed by atoms with van der Waals surface area (Å²) in [6.45, 7) is 0.156. The molecule has 0 spiro atoms. The predicted molar refractivity (Wildman–Crippen MR) is 81.3 cm³/mol. The second-order valence-corrected chi connectivity index (χ2v) is 6.10. The lowest BCUT2D eigenvalue weighted by Gasteiger charge is -2.09. The van der Waals surface area contributed by atoms with Crippen molar-refractivity contribution in [3.63, 3.8) is 0 Å². The van der Waals surface area contributed by atoms with Crippen molar-refractivity contribution >= 4 is 16.1 Å². The molecule has 0 aromatic heterocycles. The van der Waals surface area contributed by atoms with Crippen LogP contribution < -0.4 is 10.5 Å². The van der Waals surface area contributed by atoms with Crippen LogP contribution in [-0.4, -0.2) is 14.5 Å². The van der Waals surface area contributed by atoms with Crippen LogP contribution in [0.25, 0.3) is 0 Å². The van der Waals surface area contributed by atoms with Crippen molar-refractivity contribution in [2.45, 2.75) is 18.0 Å². The Kier molecular flexibility index (Phi) is 5.13. The van der Waals surface area contributed by atoms with Crippen molar-refractivity contribution in [3.8, 4) is 0 Å². The fraction of sp³-hybridized carbons (Fsp3) is 0.133.